The van der Waals surface area contributed by atoms with Crippen LogP contribution in [0.3, 0.4) is 0 Å². The van der Waals surface area contributed by atoms with Gasteiger partial charge >= 0.3 is 6.18 Å². The maximum Gasteiger partial charge on any atom is 0.389 e. The predicted octanol–water partition coefficient (Wildman–Crippen LogP) is 4.14. The van der Waals surface area contributed by atoms with Crippen molar-refractivity contribution in [2.75, 3.05) is 40.4 Å². The van der Waals surface area contributed by atoms with E-state index in [1.165, 1.54) is 14.2 Å². The van der Waals surface area contributed by atoms with Gasteiger partial charge in [0, 0.05) is 38.6 Å². The highest BCUT2D eigenvalue weighted by molar-refractivity contribution is 5.85. The second kappa shape index (κ2) is 11.1. The Kier molecular flexibility index (Phi) is 10.7. The molecule has 1 atom stereocenters. The molecule has 0 saturated carbocycles. The summed E-state index contributed by atoms with van der Waals surface area (Å²) < 4.78 is 49.4. The van der Waals surface area contributed by atoms with Crippen molar-refractivity contribution in [1.82, 2.24) is 10.2 Å². The van der Waals surface area contributed by atoms with E-state index in [1.807, 2.05) is 19.1 Å². The first-order chi connectivity index (χ1) is 11.4. The number of halogens is 5. The summed E-state index contributed by atoms with van der Waals surface area (Å²) in [5.74, 6) is 1.16. The molecule has 4 nitrogen and oxygen atoms in total. The summed E-state index contributed by atoms with van der Waals surface area (Å²) in [6.07, 6.45) is -5.03. The van der Waals surface area contributed by atoms with Crippen LogP contribution in [0.4, 0.5) is 13.2 Å². The molecule has 0 amide bonds. The van der Waals surface area contributed by atoms with Gasteiger partial charge in [0.25, 0.3) is 0 Å². The molecule has 1 fully saturated rings. The lowest BCUT2D eigenvalue weighted by atomic mass is 9.96. The zero-order valence-corrected chi connectivity index (χ0v) is 16.8. The van der Waals surface area contributed by atoms with Crippen LogP contribution in [-0.4, -0.2) is 51.5 Å². The van der Waals surface area contributed by atoms with Gasteiger partial charge in [-0.1, -0.05) is 0 Å². The lowest BCUT2D eigenvalue weighted by molar-refractivity contribution is -0.138. The van der Waals surface area contributed by atoms with Crippen molar-refractivity contribution in [1.29, 1.82) is 0 Å². The van der Waals surface area contributed by atoms with Crippen molar-refractivity contribution in [3.63, 3.8) is 0 Å². The molecule has 0 radical (unpaired) electrons. The molecule has 1 aliphatic rings. The van der Waals surface area contributed by atoms with Crippen LogP contribution in [-0.2, 0) is 0 Å². The van der Waals surface area contributed by atoms with E-state index in [0.717, 1.165) is 18.7 Å². The van der Waals surface area contributed by atoms with Gasteiger partial charge in [-0.3, -0.25) is 4.90 Å². The van der Waals surface area contributed by atoms with Crippen LogP contribution in [0.5, 0.6) is 11.5 Å². The van der Waals surface area contributed by atoms with E-state index in [0.29, 0.717) is 30.2 Å². The number of methoxy groups -OCH3 is 2. The number of nitrogens with one attached hydrogen (secondary N) is 1. The third kappa shape index (κ3) is 6.68. The van der Waals surface area contributed by atoms with Crippen LogP contribution in [0.1, 0.15) is 30.0 Å². The van der Waals surface area contributed by atoms with E-state index < -0.39 is 12.6 Å². The number of alkyl halides is 3. The number of benzene rings is 1. The molecular formula is C17H27Cl2F3N2O2. The van der Waals surface area contributed by atoms with E-state index in [2.05, 4.69) is 10.2 Å². The van der Waals surface area contributed by atoms with Gasteiger partial charge < -0.3 is 14.8 Å². The summed E-state index contributed by atoms with van der Waals surface area (Å²) in [5, 5.41) is 3.23. The highest BCUT2D eigenvalue weighted by atomic mass is 35.5. The Hall–Kier alpha value is -0.890. The van der Waals surface area contributed by atoms with Crippen LogP contribution < -0.4 is 14.8 Å². The maximum absolute atomic E-state index is 12.8. The predicted molar refractivity (Wildman–Crippen MR) is 101 cm³/mol. The van der Waals surface area contributed by atoms with Crippen molar-refractivity contribution >= 4 is 24.8 Å². The number of aryl methyl sites for hydroxylation is 1. The number of hydrogen-bond acceptors (Lipinski definition) is 4. The minimum atomic E-state index is -4.18. The molecule has 1 heterocycles. The number of rotatable bonds is 6. The first-order valence-electron chi connectivity index (χ1n) is 8.09. The summed E-state index contributed by atoms with van der Waals surface area (Å²) in [5.41, 5.74) is 1.65. The normalized spacial score (nSPS) is 16.2. The average molecular weight is 419 g/mol. The van der Waals surface area contributed by atoms with Gasteiger partial charge in [0.05, 0.1) is 19.8 Å². The van der Waals surface area contributed by atoms with Gasteiger partial charge in [0.2, 0.25) is 0 Å². The standard InChI is InChI=1S/C17H25F3N2O2.2ClH/c1-12-10-14(23-2)16(15(11-12)24-3)13(4-5-17(18,19)20)22-8-6-21-7-9-22;;/h10-11,13,21H,4-9H2,1-3H3;2*1H/t13-;;/m0../s1. The molecule has 0 spiro atoms. The first kappa shape index (κ1) is 25.1. The van der Waals surface area contributed by atoms with Crippen LogP contribution >= 0.6 is 24.8 Å². The van der Waals surface area contributed by atoms with Gasteiger partial charge in [-0.15, -0.1) is 24.8 Å². The van der Waals surface area contributed by atoms with Crippen molar-refractivity contribution in [2.45, 2.75) is 32.0 Å². The third-order valence-electron chi connectivity index (χ3n) is 4.32. The molecule has 2 rings (SSSR count). The molecule has 0 unspecified atom stereocenters. The molecule has 1 aliphatic heterocycles. The topological polar surface area (TPSA) is 33.7 Å². The maximum atomic E-state index is 12.8. The molecule has 1 N–H and O–H groups in total. The molecule has 1 aromatic carbocycles. The van der Waals surface area contributed by atoms with Crippen LogP contribution in [0.15, 0.2) is 12.1 Å². The van der Waals surface area contributed by atoms with Crippen molar-refractivity contribution in [2.24, 2.45) is 0 Å². The Balaban J connectivity index is 0.00000312. The monoisotopic (exact) mass is 418 g/mol. The summed E-state index contributed by atoms with van der Waals surface area (Å²) in [6.45, 7) is 4.83. The molecule has 26 heavy (non-hydrogen) atoms. The molecule has 0 aliphatic carbocycles. The van der Waals surface area contributed by atoms with Gasteiger partial charge in [-0.2, -0.15) is 13.2 Å². The second-order valence-electron chi connectivity index (χ2n) is 6.04. The Bertz CT molecular complexity index is 528. The smallest absolute Gasteiger partial charge is 0.389 e. The fourth-order valence-corrected chi connectivity index (χ4v) is 3.20. The minimum absolute atomic E-state index is 0. The van der Waals surface area contributed by atoms with E-state index in [1.54, 1.807) is 0 Å². The second-order valence-corrected chi connectivity index (χ2v) is 6.04. The number of hydrogen-bond donors (Lipinski definition) is 1. The Morgan fingerprint density at radius 2 is 1.58 bits per heavy atom. The molecule has 1 saturated heterocycles. The molecule has 1 aromatic rings. The van der Waals surface area contributed by atoms with E-state index in [9.17, 15) is 13.2 Å². The fourth-order valence-electron chi connectivity index (χ4n) is 3.20. The van der Waals surface area contributed by atoms with Crippen molar-refractivity contribution in [3.05, 3.63) is 23.3 Å². The van der Waals surface area contributed by atoms with Crippen molar-refractivity contribution in [3.8, 4) is 11.5 Å². The lowest BCUT2D eigenvalue weighted by Gasteiger charge is -2.36. The van der Waals surface area contributed by atoms with Gasteiger partial charge in [-0.05, 0) is 31.0 Å². The average Bonchev–Trinajstić information content (AvgIpc) is 2.55. The SMILES string of the molecule is COc1cc(C)cc(OC)c1[C@H](CCC(F)(F)F)N1CCNCC1.Cl.Cl. The van der Waals surface area contributed by atoms with E-state index in [4.69, 9.17) is 9.47 Å². The Morgan fingerprint density at radius 3 is 2.00 bits per heavy atom. The van der Waals surface area contributed by atoms with E-state index >= 15 is 0 Å². The quantitative estimate of drug-likeness (QED) is 0.752. The molecule has 9 heteroatoms. The Labute approximate surface area is 165 Å². The van der Waals surface area contributed by atoms with Gasteiger partial charge in [-0.25, -0.2) is 0 Å². The number of nitrogens with zero attached hydrogens (tertiary/aromatic N) is 1. The molecule has 152 valence electrons. The van der Waals surface area contributed by atoms with E-state index in [-0.39, 0.29) is 37.3 Å². The molecule has 0 aromatic heterocycles. The zero-order chi connectivity index (χ0) is 17.7. The van der Waals surface area contributed by atoms with Crippen molar-refractivity contribution < 1.29 is 22.6 Å². The number of piperazine rings is 1. The summed E-state index contributed by atoms with van der Waals surface area (Å²) in [6, 6.07) is 3.31. The molecule has 0 bridgehead atoms. The highest BCUT2D eigenvalue weighted by Crippen LogP contribution is 2.42. The zero-order valence-electron chi connectivity index (χ0n) is 15.2. The van der Waals surface area contributed by atoms with Gasteiger partial charge in [0.15, 0.2) is 0 Å². The van der Waals surface area contributed by atoms with Crippen LogP contribution in [0.2, 0.25) is 0 Å². The Morgan fingerprint density at radius 1 is 1.08 bits per heavy atom. The van der Waals surface area contributed by atoms with Crippen LogP contribution in [0, 0.1) is 6.92 Å². The highest BCUT2D eigenvalue weighted by Gasteiger charge is 2.34. The third-order valence-corrected chi connectivity index (χ3v) is 4.32. The summed E-state index contributed by atoms with van der Waals surface area (Å²) in [4.78, 5) is 2.08. The minimum Gasteiger partial charge on any atom is -0.496 e. The molecular weight excluding hydrogens is 392 g/mol. The van der Waals surface area contributed by atoms with Gasteiger partial charge in [0.1, 0.15) is 11.5 Å². The lowest BCUT2D eigenvalue weighted by Crippen LogP contribution is -2.45. The summed E-state index contributed by atoms with van der Waals surface area (Å²) >= 11 is 0. The summed E-state index contributed by atoms with van der Waals surface area (Å²) in [7, 11) is 3.08. The fraction of sp³-hybridized carbons (Fsp3) is 0.647. The van der Waals surface area contributed by atoms with Crippen LogP contribution in [0.25, 0.3) is 0 Å². The largest absolute Gasteiger partial charge is 0.496 e. The first-order valence-corrected chi connectivity index (χ1v) is 8.09. The number of ether oxygens (including phenoxy) is 2.